The summed E-state index contributed by atoms with van der Waals surface area (Å²) in [5.74, 6) is -0.226. The van der Waals surface area contributed by atoms with Crippen molar-refractivity contribution >= 4 is 11.6 Å². The number of carbonyl (C=O) groups is 1. The van der Waals surface area contributed by atoms with Crippen LogP contribution in [-0.2, 0) is 11.3 Å². The third kappa shape index (κ3) is 2.98. The van der Waals surface area contributed by atoms with Crippen molar-refractivity contribution in [3.8, 4) is 0 Å². The van der Waals surface area contributed by atoms with Gasteiger partial charge in [-0.15, -0.1) is 0 Å². The summed E-state index contributed by atoms with van der Waals surface area (Å²) < 4.78 is 13.3. The molecular formula is C13H18FN3O. The fraction of sp³-hybridized carbons (Fsp3) is 0.462. The number of hydrogen-bond acceptors (Lipinski definition) is 3. The molecule has 0 bridgehead atoms. The summed E-state index contributed by atoms with van der Waals surface area (Å²) >= 11 is 0. The number of nitrogens with one attached hydrogen (secondary N) is 2. The van der Waals surface area contributed by atoms with Crippen LogP contribution in [0.1, 0.15) is 12.0 Å². The number of benzene rings is 1. The Bertz CT molecular complexity index is 436. The molecule has 0 saturated carbocycles. The van der Waals surface area contributed by atoms with Gasteiger partial charge in [-0.25, -0.2) is 4.39 Å². The van der Waals surface area contributed by atoms with Crippen LogP contribution < -0.4 is 15.5 Å². The van der Waals surface area contributed by atoms with Gasteiger partial charge in [0.1, 0.15) is 5.82 Å². The van der Waals surface area contributed by atoms with E-state index in [1.807, 2.05) is 11.9 Å². The maximum atomic E-state index is 13.3. The van der Waals surface area contributed by atoms with E-state index in [0.717, 1.165) is 24.2 Å². The fourth-order valence-electron chi connectivity index (χ4n) is 2.21. The quantitative estimate of drug-likeness (QED) is 0.838. The Morgan fingerprint density at radius 1 is 1.50 bits per heavy atom. The smallest absolute Gasteiger partial charge is 0.239 e. The maximum Gasteiger partial charge on any atom is 0.239 e. The molecule has 0 atom stereocenters. The molecule has 1 aromatic rings. The van der Waals surface area contributed by atoms with Crippen LogP contribution in [-0.4, -0.2) is 32.6 Å². The summed E-state index contributed by atoms with van der Waals surface area (Å²) in [5, 5.41) is 5.86. The lowest BCUT2D eigenvalue weighted by Gasteiger charge is -2.24. The molecule has 2 N–H and O–H groups in total. The van der Waals surface area contributed by atoms with Crippen LogP contribution in [0.5, 0.6) is 0 Å². The summed E-state index contributed by atoms with van der Waals surface area (Å²) in [7, 11) is 1.82. The maximum absolute atomic E-state index is 13.3. The molecule has 1 amide bonds. The first-order chi connectivity index (χ1) is 8.70. The van der Waals surface area contributed by atoms with Crippen LogP contribution in [0.3, 0.4) is 0 Å². The molecule has 0 aliphatic carbocycles. The fourth-order valence-corrected chi connectivity index (χ4v) is 2.21. The second-order valence-electron chi connectivity index (χ2n) is 4.43. The normalized spacial score (nSPS) is 16.3. The standard InChI is InChI=1S/C13H18FN3O/c1-15-8-10-7-11(14)3-4-12(10)17-6-2-5-16-13(18)9-17/h3-4,7,15H,2,5-6,8-9H2,1H3,(H,16,18). The molecule has 4 nitrogen and oxygen atoms in total. The molecule has 1 fully saturated rings. The van der Waals surface area contributed by atoms with E-state index in [-0.39, 0.29) is 11.7 Å². The zero-order chi connectivity index (χ0) is 13.0. The van der Waals surface area contributed by atoms with Crippen molar-refractivity contribution in [3.63, 3.8) is 0 Å². The first kappa shape index (κ1) is 12.8. The minimum absolute atomic E-state index is 0.0206. The first-order valence-electron chi connectivity index (χ1n) is 6.15. The molecule has 0 unspecified atom stereocenters. The molecule has 18 heavy (non-hydrogen) atoms. The first-order valence-corrected chi connectivity index (χ1v) is 6.15. The predicted molar refractivity (Wildman–Crippen MR) is 69.0 cm³/mol. The number of amides is 1. The molecule has 1 aliphatic heterocycles. The number of carbonyl (C=O) groups excluding carboxylic acids is 1. The predicted octanol–water partition coefficient (Wildman–Crippen LogP) is 0.871. The second kappa shape index (κ2) is 5.82. The third-order valence-electron chi connectivity index (χ3n) is 3.01. The van der Waals surface area contributed by atoms with E-state index in [1.54, 1.807) is 6.07 Å². The topological polar surface area (TPSA) is 44.4 Å². The Balaban J connectivity index is 2.27. The molecule has 2 rings (SSSR count). The summed E-state index contributed by atoms with van der Waals surface area (Å²) in [4.78, 5) is 13.6. The summed E-state index contributed by atoms with van der Waals surface area (Å²) in [6.07, 6.45) is 0.905. The van der Waals surface area contributed by atoms with Crippen LogP contribution in [0, 0.1) is 5.82 Å². The number of halogens is 1. The van der Waals surface area contributed by atoms with Gasteiger partial charge in [0, 0.05) is 25.3 Å². The van der Waals surface area contributed by atoms with E-state index in [1.165, 1.54) is 12.1 Å². The van der Waals surface area contributed by atoms with Crippen LogP contribution in [0.25, 0.3) is 0 Å². The monoisotopic (exact) mass is 251 g/mol. The molecule has 1 aromatic carbocycles. The van der Waals surface area contributed by atoms with E-state index in [9.17, 15) is 9.18 Å². The van der Waals surface area contributed by atoms with Gasteiger partial charge in [-0.2, -0.15) is 0 Å². The lowest BCUT2D eigenvalue weighted by molar-refractivity contribution is -0.119. The summed E-state index contributed by atoms with van der Waals surface area (Å²) in [6, 6.07) is 4.71. The van der Waals surface area contributed by atoms with Gasteiger partial charge >= 0.3 is 0 Å². The highest BCUT2D eigenvalue weighted by Crippen LogP contribution is 2.22. The Kier molecular flexibility index (Phi) is 4.15. The third-order valence-corrected chi connectivity index (χ3v) is 3.01. The number of anilines is 1. The van der Waals surface area contributed by atoms with Gasteiger partial charge in [-0.1, -0.05) is 0 Å². The summed E-state index contributed by atoms with van der Waals surface area (Å²) in [6.45, 7) is 2.44. The zero-order valence-corrected chi connectivity index (χ0v) is 10.5. The van der Waals surface area contributed by atoms with Crippen molar-refractivity contribution in [3.05, 3.63) is 29.6 Å². The van der Waals surface area contributed by atoms with Crippen LogP contribution in [0.4, 0.5) is 10.1 Å². The molecular weight excluding hydrogens is 233 g/mol. The molecule has 5 heteroatoms. The minimum atomic E-state index is -0.247. The highest BCUT2D eigenvalue weighted by Gasteiger charge is 2.17. The lowest BCUT2D eigenvalue weighted by atomic mass is 10.1. The van der Waals surface area contributed by atoms with Gasteiger partial charge in [0.05, 0.1) is 6.54 Å². The largest absolute Gasteiger partial charge is 0.362 e. The highest BCUT2D eigenvalue weighted by molar-refractivity contribution is 5.82. The Morgan fingerprint density at radius 2 is 2.33 bits per heavy atom. The number of nitrogens with zero attached hydrogens (tertiary/aromatic N) is 1. The lowest BCUT2D eigenvalue weighted by Crippen LogP contribution is -2.33. The van der Waals surface area contributed by atoms with E-state index in [2.05, 4.69) is 10.6 Å². The molecule has 1 aliphatic rings. The van der Waals surface area contributed by atoms with E-state index in [0.29, 0.717) is 19.6 Å². The molecule has 0 radical (unpaired) electrons. The van der Waals surface area contributed by atoms with Crippen LogP contribution in [0.15, 0.2) is 18.2 Å². The van der Waals surface area contributed by atoms with Gasteiger partial charge in [-0.3, -0.25) is 4.79 Å². The van der Waals surface area contributed by atoms with Crippen molar-refractivity contribution in [1.82, 2.24) is 10.6 Å². The van der Waals surface area contributed by atoms with Crippen LogP contribution in [0.2, 0.25) is 0 Å². The van der Waals surface area contributed by atoms with Gasteiger partial charge < -0.3 is 15.5 Å². The van der Waals surface area contributed by atoms with Gasteiger partial charge in [0.2, 0.25) is 5.91 Å². The Labute approximate surface area is 106 Å². The second-order valence-corrected chi connectivity index (χ2v) is 4.43. The van der Waals surface area contributed by atoms with E-state index >= 15 is 0 Å². The van der Waals surface area contributed by atoms with Gasteiger partial charge in [-0.05, 0) is 37.2 Å². The van der Waals surface area contributed by atoms with Crippen molar-refractivity contribution in [2.24, 2.45) is 0 Å². The molecule has 1 saturated heterocycles. The molecule has 0 aromatic heterocycles. The summed E-state index contributed by atoms with van der Waals surface area (Å²) in [5.41, 5.74) is 1.81. The van der Waals surface area contributed by atoms with Crippen molar-refractivity contribution < 1.29 is 9.18 Å². The van der Waals surface area contributed by atoms with Crippen molar-refractivity contribution in [1.29, 1.82) is 0 Å². The van der Waals surface area contributed by atoms with E-state index in [4.69, 9.17) is 0 Å². The zero-order valence-electron chi connectivity index (χ0n) is 10.5. The van der Waals surface area contributed by atoms with Crippen molar-refractivity contribution in [2.75, 3.05) is 31.6 Å². The number of rotatable bonds is 3. The minimum Gasteiger partial charge on any atom is -0.362 e. The SMILES string of the molecule is CNCc1cc(F)ccc1N1CCCNC(=O)C1. The van der Waals surface area contributed by atoms with Crippen LogP contribution >= 0.6 is 0 Å². The molecule has 0 spiro atoms. The highest BCUT2D eigenvalue weighted by atomic mass is 19.1. The molecule has 1 heterocycles. The number of hydrogen-bond donors (Lipinski definition) is 2. The molecule has 98 valence electrons. The van der Waals surface area contributed by atoms with Gasteiger partial charge in [0.15, 0.2) is 0 Å². The van der Waals surface area contributed by atoms with E-state index < -0.39 is 0 Å². The average Bonchev–Trinajstić information content (AvgIpc) is 2.54. The Hall–Kier alpha value is -1.62. The Morgan fingerprint density at radius 3 is 3.11 bits per heavy atom. The van der Waals surface area contributed by atoms with Crippen molar-refractivity contribution in [2.45, 2.75) is 13.0 Å². The average molecular weight is 251 g/mol. The van der Waals surface area contributed by atoms with Gasteiger partial charge in [0.25, 0.3) is 0 Å².